The van der Waals surface area contributed by atoms with Gasteiger partial charge in [-0.1, -0.05) is 29.8 Å². The van der Waals surface area contributed by atoms with E-state index in [1.54, 1.807) is 11.5 Å². The Morgan fingerprint density at radius 1 is 1.31 bits per heavy atom. The minimum Gasteiger partial charge on any atom is -0.276 e. The molecule has 0 amide bonds. The van der Waals surface area contributed by atoms with Crippen LogP contribution in [-0.2, 0) is 0 Å². The van der Waals surface area contributed by atoms with Gasteiger partial charge >= 0.3 is 0 Å². The summed E-state index contributed by atoms with van der Waals surface area (Å²) in [6, 6.07) is 9.38. The minimum atomic E-state index is -0.145. The van der Waals surface area contributed by atoms with Gasteiger partial charge in [-0.3, -0.25) is 9.36 Å². The molecule has 1 aromatic carbocycles. The molecule has 0 aliphatic heterocycles. The van der Waals surface area contributed by atoms with E-state index in [0.29, 0.717) is 14.5 Å². The van der Waals surface area contributed by atoms with E-state index in [4.69, 9.17) is 11.6 Å². The molecule has 0 aliphatic rings. The molecule has 2 aromatic rings. The molecule has 5 heteroatoms. The first-order chi connectivity index (χ1) is 7.61. The van der Waals surface area contributed by atoms with E-state index >= 15 is 0 Å². The van der Waals surface area contributed by atoms with Crippen molar-refractivity contribution < 1.29 is 0 Å². The molecule has 0 fully saturated rings. The number of benzene rings is 1. The number of nitrogens with zero attached hydrogens (tertiary/aromatic N) is 2. The molecule has 0 saturated heterocycles. The van der Waals surface area contributed by atoms with E-state index in [9.17, 15) is 4.79 Å². The topological polar surface area (TPSA) is 34.9 Å². The predicted octanol–water partition coefficient (Wildman–Crippen LogP) is 2.80. The van der Waals surface area contributed by atoms with Gasteiger partial charge in [-0.15, -0.1) is 0 Å². The lowest BCUT2D eigenvalue weighted by atomic mass is 10.3. The Labute approximate surface area is 111 Å². The van der Waals surface area contributed by atoms with Crippen molar-refractivity contribution >= 4 is 34.2 Å². The molecule has 0 unspecified atom stereocenters. The lowest BCUT2D eigenvalue weighted by molar-refractivity contribution is 0.888. The lowest BCUT2D eigenvalue weighted by Crippen LogP contribution is -2.24. The van der Waals surface area contributed by atoms with Gasteiger partial charge < -0.3 is 0 Å². The van der Waals surface area contributed by atoms with Crippen LogP contribution in [-0.4, -0.2) is 9.55 Å². The summed E-state index contributed by atoms with van der Waals surface area (Å²) in [5, 5.41) is 0.354. The average molecular weight is 347 g/mol. The summed E-state index contributed by atoms with van der Waals surface area (Å²) in [5.74, 6) is 0. The van der Waals surface area contributed by atoms with E-state index in [0.717, 1.165) is 5.69 Å². The largest absolute Gasteiger partial charge is 0.287 e. The van der Waals surface area contributed by atoms with Crippen LogP contribution in [0.25, 0.3) is 5.69 Å². The maximum absolute atomic E-state index is 12.0. The van der Waals surface area contributed by atoms with E-state index in [1.807, 2.05) is 52.9 Å². The Bertz CT molecular complexity index is 581. The van der Waals surface area contributed by atoms with E-state index in [1.165, 1.54) is 0 Å². The van der Waals surface area contributed by atoms with Crippen LogP contribution in [0.2, 0.25) is 5.15 Å². The third kappa shape index (κ3) is 1.99. The second-order valence-electron chi connectivity index (χ2n) is 3.25. The van der Waals surface area contributed by atoms with Crippen molar-refractivity contribution in [3.63, 3.8) is 0 Å². The van der Waals surface area contributed by atoms with Gasteiger partial charge in [0.1, 0.15) is 5.15 Å². The van der Waals surface area contributed by atoms with Crippen LogP contribution in [0.5, 0.6) is 0 Å². The SMILES string of the molecule is Cc1c(Cl)nc(I)c(=O)n1-c1ccccc1. The third-order valence-electron chi connectivity index (χ3n) is 2.22. The van der Waals surface area contributed by atoms with Gasteiger partial charge in [0.25, 0.3) is 5.56 Å². The van der Waals surface area contributed by atoms with Gasteiger partial charge in [0.15, 0.2) is 3.70 Å². The van der Waals surface area contributed by atoms with Crippen LogP contribution in [0.4, 0.5) is 0 Å². The molecule has 0 aliphatic carbocycles. The molecule has 3 nitrogen and oxygen atoms in total. The number of aromatic nitrogens is 2. The number of para-hydroxylation sites is 1. The van der Waals surface area contributed by atoms with Crippen molar-refractivity contribution in [3.05, 3.63) is 55.2 Å². The molecule has 0 bridgehead atoms. The van der Waals surface area contributed by atoms with Crippen molar-refractivity contribution in [2.45, 2.75) is 6.92 Å². The first kappa shape index (κ1) is 11.6. The molecule has 0 spiro atoms. The summed E-state index contributed by atoms with van der Waals surface area (Å²) in [6.45, 7) is 1.78. The smallest absolute Gasteiger partial charge is 0.276 e. The molecule has 2 rings (SSSR count). The summed E-state index contributed by atoms with van der Waals surface area (Å²) >= 11 is 7.86. The van der Waals surface area contributed by atoms with Crippen molar-refractivity contribution in [2.24, 2.45) is 0 Å². The van der Waals surface area contributed by atoms with E-state index < -0.39 is 0 Å². The van der Waals surface area contributed by atoms with Crippen LogP contribution in [0, 0.1) is 10.6 Å². The van der Waals surface area contributed by atoms with Crippen molar-refractivity contribution in [2.75, 3.05) is 0 Å². The quantitative estimate of drug-likeness (QED) is 0.744. The standard InChI is InChI=1S/C11H8ClIN2O/c1-7-9(12)14-10(13)11(16)15(7)8-5-3-2-4-6-8/h2-6H,1H3. The summed E-state index contributed by atoms with van der Waals surface area (Å²) in [4.78, 5) is 16.0. The predicted molar refractivity (Wildman–Crippen MR) is 72.3 cm³/mol. The molecule has 1 heterocycles. The maximum atomic E-state index is 12.0. The summed E-state index contributed by atoms with van der Waals surface area (Å²) in [5.41, 5.74) is 1.30. The van der Waals surface area contributed by atoms with Gasteiger partial charge in [-0.25, -0.2) is 4.98 Å². The number of hydrogen-bond acceptors (Lipinski definition) is 2. The zero-order valence-electron chi connectivity index (χ0n) is 8.45. The summed E-state index contributed by atoms with van der Waals surface area (Å²) in [6.07, 6.45) is 0. The highest BCUT2D eigenvalue weighted by Gasteiger charge is 2.11. The van der Waals surface area contributed by atoms with Gasteiger partial charge in [0.2, 0.25) is 0 Å². The van der Waals surface area contributed by atoms with Crippen LogP contribution < -0.4 is 5.56 Å². The molecule has 82 valence electrons. The first-order valence-electron chi connectivity index (χ1n) is 4.61. The summed E-state index contributed by atoms with van der Waals surface area (Å²) in [7, 11) is 0. The Balaban J connectivity index is 2.80. The van der Waals surface area contributed by atoms with Crippen LogP contribution in [0.1, 0.15) is 5.69 Å². The zero-order chi connectivity index (χ0) is 11.7. The van der Waals surface area contributed by atoms with Crippen molar-refractivity contribution in [1.29, 1.82) is 0 Å². The Morgan fingerprint density at radius 2 is 1.94 bits per heavy atom. The second-order valence-corrected chi connectivity index (χ2v) is 4.63. The highest BCUT2D eigenvalue weighted by Crippen LogP contribution is 2.15. The fourth-order valence-corrected chi connectivity index (χ4v) is 2.23. The highest BCUT2D eigenvalue weighted by atomic mass is 127. The third-order valence-corrected chi connectivity index (χ3v) is 3.28. The van der Waals surface area contributed by atoms with Gasteiger partial charge in [-0.2, -0.15) is 0 Å². The molecule has 0 saturated carbocycles. The molecular weight excluding hydrogens is 338 g/mol. The normalized spacial score (nSPS) is 10.4. The maximum Gasteiger partial charge on any atom is 0.287 e. The van der Waals surface area contributed by atoms with Gasteiger partial charge in [0.05, 0.1) is 5.69 Å². The summed E-state index contributed by atoms with van der Waals surface area (Å²) < 4.78 is 1.94. The zero-order valence-corrected chi connectivity index (χ0v) is 11.4. The van der Waals surface area contributed by atoms with Gasteiger partial charge in [-0.05, 0) is 41.6 Å². The molecule has 0 N–H and O–H groups in total. The highest BCUT2D eigenvalue weighted by molar-refractivity contribution is 14.1. The fourth-order valence-electron chi connectivity index (χ4n) is 1.44. The first-order valence-corrected chi connectivity index (χ1v) is 6.07. The second kappa shape index (κ2) is 4.55. The monoisotopic (exact) mass is 346 g/mol. The van der Waals surface area contributed by atoms with Crippen LogP contribution in [0.15, 0.2) is 35.1 Å². The fraction of sp³-hybridized carbons (Fsp3) is 0.0909. The van der Waals surface area contributed by atoms with Crippen LogP contribution in [0.3, 0.4) is 0 Å². The van der Waals surface area contributed by atoms with E-state index in [2.05, 4.69) is 4.98 Å². The Morgan fingerprint density at radius 3 is 2.56 bits per heavy atom. The Hall–Kier alpha value is -0.880. The van der Waals surface area contributed by atoms with Crippen LogP contribution >= 0.6 is 34.2 Å². The molecular formula is C11H8ClIN2O. The average Bonchev–Trinajstić information content (AvgIpc) is 2.28. The van der Waals surface area contributed by atoms with Crippen molar-refractivity contribution in [3.8, 4) is 5.69 Å². The van der Waals surface area contributed by atoms with Crippen molar-refractivity contribution in [1.82, 2.24) is 9.55 Å². The molecule has 0 atom stereocenters. The van der Waals surface area contributed by atoms with E-state index in [-0.39, 0.29) is 5.56 Å². The molecule has 16 heavy (non-hydrogen) atoms. The van der Waals surface area contributed by atoms with Gasteiger partial charge in [0, 0.05) is 5.69 Å². The Kier molecular flexibility index (Phi) is 3.30. The molecule has 0 radical (unpaired) electrons. The molecule has 1 aromatic heterocycles. The number of hydrogen-bond donors (Lipinski definition) is 0. The lowest BCUT2D eigenvalue weighted by Gasteiger charge is -2.10. The minimum absolute atomic E-state index is 0.145. The number of rotatable bonds is 1. The number of halogens is 2.